The van der Waals surface area contributed by atoms with E-state index in [1.165, 1.54) is 11.3 Å². The van der Waals surface area contributed by atoms with Crippen LogP contribution in [0.5, 0.6) is 0 Å². The number of rotatable bonds is 4. The first-order chi connectivity index (χ1) is 11.6. The molecule has 0 aliphatic heterocycles. The zero-order valence-electron chi connectivity index (χ0n) is 13.5. The van der Waals surface area contributed by atoms with Crippen molar-refractivity contribution in [3.8, 4) is 11.3 Å². The lowest BCUT2D eigenvalue weighted by Gasteiger charge is -2.10. The number of benzene rings is 1. The molecule has 0 radical (unpaired) electrons. The van der Waals surface area contributed by atoms with E-state index < -0.39 is 5.41 Å². The van der Waals surface area contributed by atoms with Crippen LogP contribution in [-0.2, 0) is 10.2 Å². The van der Waals surface area contributed by atoms with Crippen molar-refractivity contribution in [2.45, 2.75) is 32.1 Å². The second-order valence-electron chi connectivity index (χ2n) is 6.14. The van der Waals surface area contributed by atoms with Gasteiger partial charge in [-0.2, -0.15) is 0 Å². The normalized spacial score (nSPS) is 15.2. The summed E-state index contributed by atoms with van der Waals surface area (Å²) in [4.78, 5) is 18.2. The molecular formula is C18H17N3O2S. The van der Waals surface area contributed by atoms with E-state index in [1.807, 2.05) is 50.2 Å². The summed E-state index contributed by atoms with van der Waals surface area (Å²) in [5.41, 5.74) is 2.03. The number of anilines is 1. The van der Waals surface area contributed by atoms with E-state index in [1.54, 1.807) is 0 Å². The van der Waals surface area contributed by atoms with Gasteiger partial charge < -0.3 is 9.84 Å². The van der Waals surface area contributed by atoms with E-state index in [0.717, 1.165) is 29.0 Å². The van der Waals surface area contributed by atoms with Gasteiger partial charge in [-0.3, -0.25) is 4.79 Å². The van der Waals surface area contributed by atoms with Crippen LogP contribution in [0.2, 0.25) is 0 Å². The van der Waals surface area contributed by atoms with Gasteiger partial charge in [0.1, 0.15) is 0 Å². The molecule has 1 aliphatic carbocycles. The molecular weight excluding hydrogens is 322 g/mol. The Morgan fingerprint density at radius 3 is 2.62 bits per heavy atom. The van der Waals surface area contributed by atoms with Gasteiger partial charge in [-0.05, 0) is 26.7 Å². The number of thiazole rings is 1. The van der Waals surface area contributed by atoms with Crippen molar-refractivity contribution in [1.29, 1.82) is 0 Å². The Bertz CT molecular complexity index is 875. The smallest absolute Gasteiger partial charge is 0.238 e. The van der Waals surface area contributed by atoms with E-state index in [0.29, 0.717) is 16.6 Å². The zero-order chi connectivity index (χ0) is 16.7. The highest BCUT2D eigenvalue weighted by Gasteiger charge is 2.54. The molecule has 5 nitrogen and oxygen atoms in total. The summed E-state index contributed by atoms with van der Waals surface area (Å²) in [5, 5.41) is 7.75. The molecule has 1 N–H and O–H groups in total. The van der Waals surface area contributed by atoms with Gasteiger partial charge in [0.05, 0.1) is 16.8 Å². The largest absolute Gasteiger partial charge is 0.356 e. The summed E-state index contributed by atoms with van der Waals surface area (Å²) in [7, 11) is 0. The zero-order valence-corrected chi connectivity index (χ0v) is 14.3. The molecule has 3 aromatic rings. The Hall–Kier alpha value is -2.47. The highest BCUT2D eigenvalue weighted by molar-refractivity contribution is 7.15. The fourth-order valence-corrected chi connectivity index (χ4v) is 3.52. The molecule has 1 amide bonds. The Balaban J connectivity index is 1.57. The molecule has 0 saturated heterocycles. The number of carbonyl (C=O) groups excluding carboxylic acids is 1. The van der Waals surface area contributed by atoms with Gasteiger partial charge in [-0.25, -0.2) is 4.98 Å². The minimum Gasteiger partial charge on any atom is -0.356 e. The predicted molar refractivity (Wildman–Crippen MR) is 93.1 cm³/mol. The summed E-state index contributed by atoms with van der Waals surface area (Å²) < 4.78 is 5.46. The van der Waals surface area contributed by atoms with Gasteiger partial charge in [0.15, 0.2) is 10.9 Å². The summed E-state index contributed by atoms with van der Waals surface area (Å²) in [6.07, 6.45) is 1.56. The van der Waals surface area contributed by atoms with Crippen molar-refractivity contribution in [1.82, 2.24) is 10.1 Å². The summed E-state index contributed by atoms with van der Waals surface area (Å²) in [5.74, 6) is 0.634. The number of aromatic nitrogens is 2. The Morgan fingerprint density at radius 1 is 1.25 bits per heavy atom. The SMILES string of the molecule is Cc1nc(NC(=O)C2(c3cc(-c4ccccc4)on3)CC2)sc1C. The van der Waals surface area contributed by atoms with Crippen LogP contribution in [0.1, 0.15) is 29.1 Å². The summed E-state index contributed by atoms with van der Waals surface area (Å²) in [6.45, 7) is 3.94. The molecule has 1 aliphatic rings. The van der Waals surface area contributed by atoms with E-state index in [-0.39, 0.29) is 5.91 Å². The van der Waals surface area contributed by atoms with E-state index in [4.69, 9.17) is 4.52 Å². The molecule has 1 aromatic carbocycles. The number of nitrogens with one attached hydrogen (secondary N) is 1. The average molecular weight is 339 g/mol. The maximum Gasteiger partial charge on any atom is 0.238 e. The molecule has 2 heterocycles. The Morgan fingerprint density at radius 2 is 2.00 bits per heavy atom. The van der Waals surface area contributed by atoms with E-state index >= 15 is 0 Å². The molecule has 0 atom stereocenters. The Kier molecular flexibility index (Phi) is 3.49. The van der Waals surface area contributed by atoms with Crippen LogP contribution in [0.3, 0.4) is 0 Å². The monoisotopic (exact) mass is 339 g/mol. The van der Waals surface area contributed by atoms with Gasteiger partial charge in [0, 0.05) is 16.5 Å². The fourth-order valence-electron chi connectivity index (χ4n) is 2.71. The molecule has 2 aromatic heterocycles. The number of amides is 1. The Labute approximate surface area is 143 Å². The summed E-state index contributed by atoms with van der Waals surface area (Å²) >= 11 is 1.50. The number of aryl methyl sites for hydroxylation is 2. The topological polar surface area (TPSA) is 68.0 Å². The minimum atomic E-state index is -0.579. The quantitative estimate of drug-likeness (QED) is 0.777. The van der Waals surface area contributed by atoms with E-state index in [2.05, 4.69) is 15.5 Å². The highest BCUT2D eigenvalue weighted by atomic mass is 32.1. The maximum absolute atomic E-state index is 12.7. The lowest BCUT2D eigenvalue weighted by atomic mass is 10.0. The van der Waals surface area contributed by atoms with Gasteiger partial charge in [-0.1, -0.05) is 35.5 Å². The molecule has 1 fully saturated rings. The molecule has 122 valence electrons. The van der Waals surface area contributed by atoms with Crippen molar-refractivity contribution < 1.29 is 9.32 Å². The van der Waals surface area contributed by atoms with Gasteiger partial charge in [0.25, 0.3) is 0 Å². The number of hydrogen-bond acceptors (Lipinski definition) is 5. The van der Waals surface area contributed by atoms with Crippen molar-refractivity contribution in [3.05, 3.63) is 52.7 Å². The number of hydrogen-bond donors (Lipinski definition) is 1. The second-order valence-corrected chi connectivity index (χ2v) is 7.34. The van der Waals surface area contributed by atoms with Crippen molar-refractivity contribution in [2.24, 2.45) is 0 Å². The number of nitrogens with zero attached hydrogens (tertiary/aromatic N) is 2. The highest BCUT2D eigenvalue weighted by Crippen LogP contribution is 2.49. The van der Waals surface area contributed by atoms with Crippen LogP contribution in [0.4, 0.5) is 5.13 Å². The van der Waals surface area contributed by atoms with E-state index in [9.17, 15) is 4.79 Å². The van der Waals surface area contributed by atoms with Crippen LogP contribution in [0.15, 0.2) is 40.9 Å². The van der Waals surface area contributed by atoms with Crippen LogP contribution in [0.25, 0.3) is 11.3 Å². The average Bonchev–Trinajstić information content (AvgIpc) is 3.14. The van der Waals surface area contributed by atoms with Gasteiger partial charge >= 0.3 is 0 Å². The first-order valence-corrected chi connectivity index (χ1v) is 8.68. The number of carbonyl (C=O) groups is 1. The third-order valence-electron chi connectivity index (χ3n) is 4.49. The lowest BCUT2D eigenvalue weighted by Crippen LogP contribution is -2.28. The third-order valence-corrected chi connectivity index (χ3v) is 5.48. The molecule has 0 spiro atoms. The van der Waals surface area contributed by atoms with Gasteiger partial charge in [0.2, 0.25) is 5.91 Å². The molecule has 6 heteroatoms. The summed E-state index contributed by atoms with van der Waals surface area (Å²) in [6, 6.07) is 11.7. The van der Waals surface area contributed by atoms with Crippen LogP contribution in [0, 0.1) is 13.8 Å². The lowest BCUT2D eigenvalue weighted by molar-refractivity contribution is -0.118. The molecule has 0 unspecified atom stereocenters. The fraction of sp³-hybridized carbons (Fsp3) is 0.278. The van der Waals surface area contributed by atoms with Crippen LogP contribution < -0.4 is 5.32 Å². The predicted octanol–water partition coefficient (Wildman–Crippen LogP) is 4.09. The van der Waals surface area contributed by atoms with Crippen LogP contribution >= 0.6 is 11.3 Å². The first-order valence-electron chi connectivity index (χ1n) is 7.87. The molecule has 1 saturated carbocycles. The van der Waals surface area contributed by atoms with Gasteiger partial charge in [-0.15, -0.1) is 11.3 Å². The van der Waals surface area contributed by atoms with Crippen molar-refractivity contribution in [3.63, 3.8) is 0 Å². The molecule has 24 heavy (non-hydrogen) atoms. The first kappa shape index (κ1) is 15.1. The van der Waals surface area contributed by atoms with Crippen molar-refractivity contribution >= 4 is 22.4 Å². The molecule has 4 rings (SSSR count). The van der Waals surface area contributed by atoms with Crippen LogP contribution in [-0.4, -0.2) is 16.0 Å². The molecule has 0 bridgehead atoms. The maximum atomic E-state index is 12.7. The van der Waals surface area contributed by atoms with Crippen molar-refractivity contribution in [2.75, 3.05) is 5.32 Å². The third kappa shape index (κ3) is 2.53. The minimum absolute atomic E-state index is 0.0517. The second kappa shape index (κ2) is 5.56. The standard InChI is InChI=1S/C18H17N3O2S/c1-11-12(2)24-17(19-11)20-16(22)18(8-9-18)15-10-14(23-21-15)13-6-4-3-5-7-13/h3-7,10H,8-9H2,1-2H3,(H,19,20,22).